The van der Waals surface area contributed by atoms with Gasteiger partial charge in [-0.25, -0.2) is 0 Å². The first-order valence-electron chi connectivity index (χ1n) is 5.41. The maximum Gasteiger partial charge on any atom is 0.237 e. The Labute approximate surface area is 95.0 Å². The normalized spacial score (nSPS) is 30.9. The Bertz CT molecular complexity index is 280. The van der Waals surface area contributed by atoms with Crippen molar-refractivity contribution in [2.75, 3.05) is 25.6 Å². The van der Waals surface area contributed by atoms with Gasteiger partial charge in [-0.1, -0.05) is 12.2 Å². The van der Waals surface area contributed by atoms with E-state index in [1.807, 2.05) is 4.90 Å². The van der Waals surface area contributed by atoms with Crippen molar-refractivity contribution < 1.29 is 9.53 Å². The van der Waals surface area contributed by atoms with Gasteiger partial charge in [-0.15, -0.1) is 11.6 Å². The minimum absolute atomic E-state index is 0.0377. The third kappa shape index (κ3) is 2.34. The van der Waals surface area contributed by atoms with Crippen molar-refractivity contribution in [1.82, 2.24) is 4.90 Å². The quantitative estimate of drug-likeness (QED) is 0.505. The molecule has 1 spiro atoms. The van der Waals surface area contributed by atoms with Gasteiger partial charge in [-0.05, 0) is 19.3 Å². The van der Waals surface area contributed by atoms with Crippen LogP contribution in [0.5, 0.6) is 0 Å². The van der Waals surface area contributed by atoms with Crippen LogP contribution in [0, 0.1) is 0 Å². The molecule has 0 aromatic carbocycles. The fourth-order valence-electron chi connectivity index (χ4n) is 2.30. The molecule has 4 heteroatoms. The molecule has 1 unspecified atom stereocenters. The molecule has 0 radical (unpaired) electrons. The van der Waals surface area contributed by atoms with Crippen molar-refractivity contribution >= 4 is 17.5 Å². The standard InChI is InChI=1S/C11H16ClNO2/c12-9-10(14)13-6-1-3-11(5-7-13)4-2-8-15-11/h2,4H,1,3,5-9H2. The van der Waals surface area contributed by atoms with Crippen LogP contribution in [0.1, 0.15) is 19.3 Å². The highest BCUT2D eigenvalue weighted by molar-refractivity contribution is 6.27. The first-order valence-corrected chi connectivity index (χ1v) is 5.95. The summed E-state index contributed by atoms with van der Waals surface area (Å²) in [6.07, 6.45) is 7.12. The lowest BCUT2D eigenvalue weighted by atomic mass is 9.95. The van der Waals surface area contributed by atoms with Crippen LogP contribution in [0.3, 0.4) is 0 Å². The molecular formula is C11H16ClNO2. The molecule has 15 heavy (non-hydrogen) atoms. The third-order valence-corrected chi connectivity index (χ3v) is 3.42. The molecule has 2 heterocycles. The second-order valence-corrected chi connectivity index (χ2v) is 4.41. The smallest absolute Gasteiger partial charge is 0.237 e. The van der Waals surface area contributed by atoms with Crippen molar-refractivity contribution in [1.29, 1.82) is 0 Å². The van der Waals surface area contributed by atoms with Crippen LogP contribution in [0.2, 0.25) is 0 Å². The number of ether oxygens (including phenoxy) is 1. The van der Waals surface area contributed by atoms with E-state index in [9.17, 15) is 4.79 Å². The van der Waals surface area contributed by atoms with Crippen LogP contribution in [0.25, 0.3) is 0 Å². The maximum absolute atomic E-state index is 11.5. The largest absolute Gasteiger partial charge is 0.367 e. The monoisotopic (exact) mass is 229 g/mol. The van der Waals surface area contributed by atoms with Crippen LogP contribution in [0.4, 0.5) is 0 Å². The van der Waals surface area contributed by atoms with E-state index >= 15 is 0 Å². The molecule has 0 saturated carbocycles. The molecule has 0 aliphatic carbocycles. The fraction of sp³-hybridized carbons (Fsp3) is 0.727. The lowest BCUT2D eigenvalue weighted by Crippen LogP contribution is -2.34. The van der Waals surface area contributed by atoms with Crippen LogP contribution in [-0.2, 0) is 9.53 Å². The second kappa shape index (κ2) is 4.54. The molecule has 3 nitrogen and oxygen atoms in total. The van der Waals surface area contributed by atoms with Gasteiger partial charge in [0.05, 0.1) is 12.2 Å². The van der Waals surface area contributed by atoms with E-state index in [1.54, 1.807) is 0 Å². The molecule has 0 N–H and O–H groups in total. The van der Waals surface area contributed by atoms with Crippen LogP contribution >= 0.6 is 11.6 Å². The Balaban J connectivity index is 1.97. The van der Waals surface area contributed by atoms with Gasteiger partial charge in [0.2, 0.25) is 5.91 Å². The van der Waals surface area contributed by atoms with Crippen molar-refractivity contribution in [3.8, 4) is 0 Å². The molecule has 84 valence electrons. The highest BCUT2D eigenvalue weighted by atomic mass is 35.5. The summed E-state index contributed by atoms with van der Waals surface area (Å²) in [4.78, 5) is 13.3. The lowest BCUT2D eigenvalue weighted by Gasteiger charge is -2.25. The molecule has 0 bridgehead atoms. The van der Waals surface area contributed by atoms with Gasteiger partial charge in [0, 0.05) is 13.1 Å². The summed E-state index contributed by atoms with van der Waals surface area (Å²) in [6, 6.07) is 0. The summed E-state index contributed by atoms with van der Waals surface area (Å²) in [7, 11) is 0. The predicted molar refractivity (Wildman–Crippen MR) is 59.0 cm³/mol. The van der Waals surface area contributed by atoms with Crippen LogP contribution in [0.15, 0.2) is 12.2 Å². The van der Waals surface area contributed by atoms with E-state index in [0.29, 0.717) is 6.61 Å². The molecule has 1 saturated heterocycles. The predicted octanol–water partition coefficient (Wildman–Crippen LogP) is 1.56. The number of hydrogen-bond donors (Lipinski definition) is 0. The summed E-state index contributed by atoms with van der Waals surface area (Å²) < 4.78 is 5.74. The molecule has 2 rings (SSSR count). The van der Waals surface area contributed by atoms with Crippen molar-refractivity contribution in [3.05, 3.63) is 12.2 Å². The Morgan fingerprint density at radius 2 is 2.33 bits per heavy atom. The first-order chi connectivity index (χ1) is 7.26. The number of alkyl halides is 1. The van der Waals surface area contributed by atoms with Gasteiger partial charge < -0.3 is 9.64 Å². The minimum Gasteiger partial charge on any atom is -0.367 e. The van der Waals surface area contributed by atoms with Gasteiger partial charge in [-0.2, -0.15) is 0 Å². The number of nitrogens with zero attached hydrogens (tertiary/aromatic N) is 1. The summed E-state index contributed by atoms with van der Waals surface area (Å²) in [5, 5.41) is 0. The SMILES string of the molecule is O=C(CCl)N1CCCC2(C=CCO2)CC1. The van der Waals surface area contributed by atoms with E-state index < -0.39 is 0 Å². The first kappa shape index (κ1) is 11.0. The number of amides is 1. The number of carbonyl (C=O) groups excluding carboxylic acids is 1. The summed E-state index contributed by atoms with van der Waals surface area (Å²) >= 11 is 5.55. The van der Waals surface area contributed by atoms with Gasteiger partial charge >= 0.3 is 0 Å². The number of likely N-dealkylation sites (tertiary alicyclic amines) is 1. The van der Waals surface area contributed by atoms with E-state index in [0.717, 1.165) is 32.4 Å². The molecule has 2 aliphatic heterocycles. The highest BCUT2D eigenvalue weighted by Gasteiger charge is 2.33. The Morgan fingerprint density at radius 3 is 3.00 bits per heavy atom. The molecule has 1 fully saturated rings. The van der Waals surface area contributed by atoms with Gasteiger partial charge in [0.25, 0.3) is 0 Å². The minimum atomic E-state index is -0.0959. The molecular weight excluding hydrogens is 214 g/mol. The Hall–Kier alpha value is -0.540. The zero-order chi connectivity index (χ0) is 10.7. The Kier molecular flexibility index (Phi) is 3.32. The topological polar surface area (TPSA) is 29.5 Å². The maximum atomic E-state index is 11.5. The van der Waals surface area contributed by atoms with E-state index in [2.05, 4.69) is 12.2 Å². The van der Waals surface area contributed by atoms with Crippen molar-refractivity contribution in [2.45, 2.75) is 24.9 Å². The fourth-order valence-corrected chi connectivity index (χ4v) is 2.47. The van der Waals surface area contributed by atoms with Gasteiger partial charge in [0.1, 0.15) is 5.88 Å². The summed E-state index contributed by atoms with van der Waals surface area (Å²) in [5.74, 6) is 0.125. The second-order valence-electron chi connectivity index (χ2n) is 4.15. The molecule has 0 aromatic rings. The molecule has 1 amide bonds. The van der Waals surface area contributed by atoms with Gasteiger partial charge in [0.15, 0.2) is 0 Å². The van der Waals surface area contributed by atoms with Crippen molar-refractivity contribution in [2.24, 2.45) is 0 Å². The summed E-state index contributed by atoms with van der Waals surface area (Å²) in [5.41, 5.74) is -0.0959. The van der Waals surface area contributed by atoms with Crippen molar-refractivity contribution in [3.63, 3.8) is 0 Å². The molecule has 1 atom stereocenters. The van der Waals surface area contributed by atoms with Crippen LogP contribution < -0.4 is 0 Å². The zero-order valence-electron chi connectivity index (χ0n) is 8.75. The molecule has 2 aliphatic rings. The van der Waals surface area contributed by atoms with E-state index in [1.165, 1.54) is 0 Å². The number of carbonyl (C=O) groups is 1. The Morgan fingerprint density at radius 1 is 1.47 bits per heavy atom. The number of hydrogen-bond acceptors (Lipinski definition) is 2. The number of halogens is 1. The van der Waals surface area contributed by atoms with Gasteiger partial charge in [-0.3, -0.25) is 4.79 Å². The third-order valence-electron chi connectivity index (χ3n) is 3.19. The lowest BCUT2D eigenvalue weighted by molar-refractivity contribution is -0.128. The van der Waals surface area contributed by atoms with E-state index in [4.69, 9.17) is 16.3 Å². The number of rotatable bonds is 1. The summed E-state index contributed by atoms with van der Waals surface area (Å²) in [6.45, 7) is 2.28. The zero-order valence-corrected chi connectivity index (χ0v) is 9.50. The molecule has 0 aromatic heterocycles. The highest BCUT2D eigenvalue weighted by Crippen LogP contribution is 2.31. The average molecular weight is 230 g/mol. The van der Waals surface area contributed by atoms with E-state index in [-0.39, 0.29) is 17.4 Å². The van der Waals surface area contributed by atoms with Crippen LogP contribution in [-0.4, -0.2) is 42.0 Å². The average Bonchev–Trinajstić information content (AvgIpc) is 2.60.